The van der Waals surface area contributed by atoms with Crippen molar-refractivity contribution in [3.8, 4) is 5.75 Å². The summed E-state index contributed by atoms with van der Waals surface area (Å²) in [6.07, 6.45) is 3.86. The molecule has 0 radical (unpaired) electrons. The van der Waals surface area contributed by atoms with Crippen LogP contribution in [-0.2, 0) is 11.3 Å². The number of nitrogens with one attached hydrogen (secondary N) is 1. The maximum Gasteiger partial charge on any atom is 0.223 e. The van der Waals surface area contributed by atoms with Crippen molar-refractivity contribution in [3.05, 3.63) is 42.7 Å². The van der Waals surface area contributed by atoms with Crippen LogP contribution in [0.5, 0.6) is 5.75 Å². The number of nitrogens with two attached hydrogens (primary N) is 1. The third kappa shape index (κ3) is 4.31. The zero-order valence-corrected chi connectivity index (χ0v) is 11.2. The molecule has 3 N–H and O–H groups in total. The predicted molar refractivity (Wildman–Crippen MR) is 76.2 cm³/mol. The molecular formula is C14H18N4O2. The molecule has 1 amide bonds. The molecule has 0 atom stereocenters. The van der Waals surface area contributed by atoms with Crippen molar-refractivity contribution in [2.75, 3.05) is 18.9 Å². The van der Waals surface area contributed by atoms with Crippen molar-refractivity contribution < 1.29 is 9.53 Å². The molecule has 0 bridgehead atoms. The van der Waals surface area contributed by atoms with Gasteiger partial charge in [0.25, 0.3) is 0 Å². The van der Waals surface area contributed by atoms with Crippen LogP contribution in [0.1, 0.15) is 6.42 Å². The highest BCUT2D eigenvalue weighted by atomic mass is 16.5. The van der Waals surface area contributed by atoms with E-state index in [9.17, 15) is 4.79 Å². The summed E-state index contributed by atoms with van der Waals surface area (Å²) in [4.78, 5) is 11.6. The number of anilines is 1. The van der Waals surface area contributed by atoms with Gasteiger partial charge in [-0.25, -0.2) is 0 Å². The number of carbonyl (C=O) groups excluding carboxylic acids is 1. The van der Waals surface area contributed by atoms with Gasteiger partial charge in [-0.3, -0.25) is 9.48 Å². The smallest absolute Gasteiger partial charge is 0.223 e. The van der Waals surface area contributed by atoms with E-state index in [1.54, 1.807) is 23.0 Å². The van der Waals surface area contributed by atoms with Gasteiger partial charge < -0.3 is 15.8 Å². The normalized spacial score (nSPS) is 10.2. The predicted octanol–water partition coefficient (Wildman–Crippen LogP) is 1.05. The van der Waals surface area contributed by atoms with Gasteiger partial charge in [0, 0.05) is 18.9 Å². The van der Waals surface area contributed by atoms with Crippen molar-refractivity contribution in [2.24, 2.45) is 0 Å². The zero-order chi connectivity index (χ0) is 14.2. The molecule has 6 heteroatoms. The monoisotopic (exact) mass is 274 g/mol. The summed E-state index contributed by atoms with van der Waals surface area (Å²) < 4.78 is 7.22. The van der Waals surface area contributed by atoms with Crippen LogP contribution in [0.3, 0.4) is 0 Å². The van der Waals surface area contributed by atoms with Crippen LogP contribution in [0.25, 0.3) is 0 Å². The maximum atomic E-state index is 11.6. The summed E-state index contributed by atoms with van der Waals surface area (Å²) in [5.41, 5.74) is 6.31. The van der Waals surface area contributed by atoms with E-state index in [2.05, 4.69) is 10.4 Å². The molecule has 1 aromatic carbocycles. The molecule has 0 spiro atoms. The summed E-state index contributed by atoms with van der Waals surface area (Å²) >= 11 is 0. The number of benzene rings is 1. The van der Waals surface area contributed by atoms with Gasteiger partial charge in [0.05, 0.1) is 25.3 Å². The van der Waals surface area contributed by atoms with Crippen molar-refractivity contribution >= 4 is 11.6 Å². The fourth-order valence-corrected chi connectivity index (χ4v) is 1.70. The van der Waals surface area contributed by atoms with E-state index in [1.807, 2.05) is 24.4 Å². The van der Waals surface area contributed by atoms with Crippen LogP contribution < -0.4 is 15.8 Å². The van der Waals surface area contributed by atoms with Crippen LogP contribution in [0.4, 0.5) is 5.69 Å². The highest BCUT2D eigenvalue weighted by Gasteiger charge is 2.03. The Balaban J connectivity index is 1.62. The second kappa shape index (κ2) is 7.18. The average molecular weight is 274 g/mol. The first-order valence-electron chi connectivity index (χ1n) is 6.47. The van der Waals surface area contributed by atoms with Gasteiger partial charge in [-0.15, -0.1) is 0 Å². The number of carbonyl (C=O) groups is 1. The van der Waals surface area contributed by atoms with E-state index in [4.69, 9.17) is 10.5 Å². The third-order valence-electron chi connectivity index (χ3n) is 2.73. The number of hydrogen-bond donors (Lipinski definition) is 2. The SMILES string of the molecule is Nc1ccccc1OCCC(=O)NCCn1cccn1. The van der Waals surface area contributed by atoms with Crippen LogP contribution in [0, 0.1) is 0 Å². The van der Waals surface area contributed by atoms with Gasteiger partial charge >= 0.3 is 0 Å². The van der Waals surface area contributed by atoms with Crippen LogP contribution >= 0.6 is 0 Å². The lowest BCUT2D eigenvalue weighted by molar-refractivity contribution is -0.121. The summed E-state index contributed by atoms with van der Waals surface area (Å²) in [6.45, 7) is 1.51. The fourth-order valence-electron chi connectivity index (χ4n) is 1.70. The van der Waals surface area contributed by atoms with E-state index < -0.39 is 0 Å². The lowest BCUT2D eigenvalue weighted by Gasteiger charge is -2.09. The zero-order valence-electron chi connectivity index (χ0n) is 11.2. The molecule has 0 saturated carbocycles. The number of nitrogen functional groups attached to an aromatic ring is 1. The largest absolute Gasteiger partial charge is 0.491 e. The Bertz CT molecular complexity index is 540. The number of aromatic nitrogens is 2. The molecule has 1 aromatic heterocycles. The molecule has 1 heterocycles. The number of ether oxygens (including phenoxy) is 1. The number of rotatable bonds is 7. The Kier molecular flexibility index (Phi) is 5.00. The minimum atomic E-state index is -0.0494. The quantitative estimate of drug-likeness (QED) is 0.739. The summed E-state index contributed by atoms with van der Waals surface area (Å²) in [6, 6.07) is 9.07. The molecule has 0 saturated heterocycles. The standard InChI is InChI=1S/C14H18N4O2/c15-12-4-1-2-5-13(12)20-11-6-14(19)16-8-10-18-9-3-7-17-18/h1-5,7,9H,6,8,10-11,15H2,(H,16,19). The Morgan fingerprint density at radius 2 is 2.20 bits per heavy atom. The van der Waals surface area contributed by atoms with E-state index in [1.165, 1.54) is 0 Å². The molecule has 0 unspecified atom stereocenters. The lowest BCUT2D eigenvalue weighted by Crippen LogP contribution is -2.28. The minimum absolute atomic E-state index is 0.0494. The fraction of sp³-hybridized carbons (Fsp3) is 0.286. The Labute approximate surface area is 117 Å². The number of hydrogen-bond acceptors (Lipinski definition) is 4. The molecule has 6 nitrogen and oxygen atoms in total. The second-order valence-electron chi connectivity index (χ2n) is 4.26. The molecule has 0 aliphatic rings. The molecule has 2 rings (SSSR count). The third-order valence-corrected chi connectivity index (χ3v) is 2.73. The highest BCUT2D eigenvalue weighted by molar-refractivity contribution is 5.75. The molecular weight excluding hydrogens is 256 g/mol. The van der Waals surface area contributed by atoms with Crippen molar-refractivity contribution in [3.63, 3.8) is 0 Å². The Morgan fingerprint density at radius 1 is 1.35 bits per heavy atom. The van der Waals surface area contributed by atoms with Gasteiger partial charge in [-0.2, -0.15) is 5.10 Å². The van der Waals surface area contributed by atoms with Crippen molar-refractivity contribution in [1.82, 2.24) is 15.1 Å². The molecule has 0 aliphatic heterocycles. The Hall–Kier alpha value is -2.50. The van der Waals surface area contributed by atoms with E-state index >= 15 is 0 Å². The molecule has 106 valence electrons. The lowest BCUT2D eigenvalue weighted by atomic mass is 10.3. The highest BCUT2D eigenvalue weighted by Crippen LogP contribution is 2.19. The first kappa shape index (κ1) is 13.9. The molecule has 2 aromatic rings. The van der Waals surface area contributed by atoms with E-state index in [-0.39, 0.29) is 5.91 Å². The van der Waals surface area contributed by atoms with E-state index in [0.29, 0.717) is 37.6 Å². The van der Waals surface area contributed by atoms with Gasteiger partial charge in [-0.1, -0.05) is 12.1 Å². The molecule has 0 fully saturated rings. The summed E-state index contributed by atoms with van der Waals surface area (Å²) in [5, 5.41) is 6.86. The maximum absolute atomic E-state index is 11.6. The number of amides is 1. The van der Waals surface area contributed by atoms with Gasteiger partial charge in [0.2, 0.25) is 5.91 Å². The van der Waals surface area contributed by atoms with Crippen LogP contribution in [0.2, 0.25) is 0 Å². The second-order valence-corrected chi connectivity index (χ2v) is 4.26. The molecule has 20 heavy (non-hydrogen) atoms. The topological polar surface area (TPSA) is 82.2 Å². The van der Waals surface area contributed by atoms with Gasteiger partial charge in [0.1, 0.15) is 5.75 Å². The molecule has 0 aliphatic carbocycles. The first-order valence-corrected chi connectivity index (χ1v) is 6.47. The average Bonchev–Trinajstić information content (AvgIpc) is 2.94. The summed E-state index contributed by atoms with van der Waals surface area (Å²) in [5.74, 6) is 0.559. The first-order chi connectivity index (χ1) is 9.75. The minimum Gasteiger partial charge on any atom is -0.491 e. The van der Waals surface area contributed by atoms with Crippen molar-refractivity contribution in [1.29, 1.82) is 0 Å². The van der Waals surface area contributed by atoms with Crippen LogP contribution in [0.15, 0.2) is 42.7 Å². The summed E-state index contributed by atoms with van der Waals surface area (Å²) in [7, 11) is 0. The van der Waals surface area contributed by atoms with E-state index in [0.717, 1.165) is 0 Å². The number of para-hydroxylation sites is 2. The Morgan fingerprint density at radius 3 is 2.95 bits per heavy atom. The van der Waals surface area contributed by atoms with Gasteiger partial charge in [-0.05, 0) is 18.2 Å². The van der Waals surface area contributed by atoms with Crippen LogP contribution in [-0.4, -0.2) is 28.8 Å². The number of nitrogens with zero attached hydrogens (tertiary/aromatic N) is 2. The van der Waals surface area contributed by atoms with Crippen molar-refractivity contribution in [2.45, 2.75) is 13.0 Å². The van der Waals surface area contributed by atoms with Gasteiger partial charge in [0.15, 0.2) is 0 Å².